The van der Waals surface area contributed by atoms with E-state index < -0.39 is 6.04 Å². The molecule has 30 heavy (non-hydrogen) atoms. The van der Waals surface area contributed by atoms with Crippen LogP contribution in [-0.4, -0.2) is 63.2 Å². The third-order valence-electron chi connectivity index (χ3n) is 5.45. The van der Waals surface area contributed by atoms with Crippen molar-refractivity contribution in [1.29, 1.82) is 0 Å². The molecule has 1 aromatic carbocycles. The van der Waals surface area contributed by atoms with Crippen molar-refractivity contribution in [2.24, 2.45) is 0 Å². The highest BCUT2D eigenvalue weighted by Gasteiger charge is 2.34. The molecule has 0 radical (unpaired) electrons. The predicted octanol–water partition coefficient (Wildman–Crippen LogP) is 1.42. The molecule has 158 valence electrons. The Balaban J connectivity index is 1.69. The fourth-order valence-corrected chi connectivity index (χ4v) is 3.99. The fraction of sp³-hybridized carbons (Fsp3) is 0.500. The maximum atomic E-state index is 13.2. The fourth-order valence-electron chi connectivity index (χ4n) is 3.99. The molecule has 0 unspecified atom stereocenters. The van der Waals surface area contributed by atoms with Crippen LogP contribution in [0.4, 0.5) is 0 Å². The van der Waals surface area contributed by atoms with Gasteiger partial charge in [0.1, 0.15) is 6.04 Å². The van der Waals surface area contributed by atoms with Crippen molar-refractivity contribution in [2.45, 2.75) is 32.4 Å². The van der Waals surface area contributed by atoms with Crippen molar-refractivity contribution in [2.75, 3.05) is 33.1 Å². The van der Waals surface area contributed by atoms with Crippen LogP contribution < -0.4 is 15.0 Å². The average molecular weight is 412 g/mol. The van der Waals surface area contributed by atoms with Gasteiger partial charge in [0, 0.05) is 30.1 Å². The second-order valence-electron chi connectivity index (χ2n) is 8.52. The van der Waals surface area contributed by atoms with Crippen molar-refractivity contribution in [3.8, 4) is 11.5 Å². The lowest BCUT2D eigenvalue weighted by Crippen LogP contribution is -2.43. The standard InChI is InChI=1S/C20H24N6O4/c1-20(2,3)26-18(22-23-24-26)17(25-4-6-28-7-5-25)13-8-12-9-15-16(30-11-29-15)10-14(12)21-19(13)27/h8-10,17H,4-7,11H2,1-3H3,(H,21,27)/t17-/m0/s1. The normalized spacial score (nSPS) is 18.1. The summed E-state index contributed by atoms with van der Waals surface area (Å²) in [4.78, 5) is 18.4. The van der Waals surface area contributed by atoms with Crippen molar-refractivity contribution < 1.29 is 14.2 Å². The minimum Gasteiger partial charge on any atom is -0.454 e. The van der Waals surface area contributed by atoms with Gasteiger partial charge >= 0.3 is 0 Å². The Morgan fingerprint density at radius 2 is 1.83 bits per heavy atom. The topological polar surface area (TPSA) is 107 Å². The molecule has 2 aromatic heterocycles. The van der Waals surface area contributed by atoms with E-state index in [1.54, 1.807) is 10.7 Å². The molecule has 0 bridgehead atoms. The summed E-state index contributed by atoms with van der Waals surface area (Å²) < 4.78 is 18.3. The van der Waals surface area contributed by atoms with E-state index in [1.165, 1.54) is 0 Å². The molecule has 0 amide bonds. The molecule has 5 rings (SSSR count). The van der Waals surface area contributed by atoms with Crippen LogP contribution in [-0.2, 0) is 10.3 Å². The van der Waals surface area contributed by atoms with Crippen molar-refractivity contribution in [1.82, 2.24) is 30.1 Å². The van der Waals surface area contributed by atoms with Gasteiger partial charge in [-0.25, -0.2) is 4.68 Å². The van der Waals surface area contributed by atoms with Crippen LogP contribution in [0.5, 0.6) is 11.5 Å². The van der Waals surface area contributed by atoms with Gasteiger partial charge in [-0.1, -0.05) is 0 Å². The quantitative estimate of drug-likeness (QED) is 0.688. The molecule has 0 spiro atoms. The first-order chi connectivity index (χ1) is 14.4. The van der Waals surface area contributed by atoms with Crippen LogP contribution in [0.15, 0.2) is 23.0 Å². The zero-order valence-corrected chi connectivity index (χ0v) is 17.2. The molecule has 4 heterocycles. The average Bonchev–Trinajstić information content (AvgIpc) is 3.37. The maximum Gasteiger partial charge on any atom is 0.253 e. The maximum absolute atomic E-state index is 13.2. The Labute approximate surface area is 172 Å². The van der Waals surface area contributed by atoms with Gasteiger partial charge in [0.25, 0.3) is 5.56 Å². The number of rotatable bonds is 3. The molecular formula is C20H24N6O4. The summed E-state index contributed by atoms with van der Waals surface area (Å²) in [5.41, 5.74) is 0.771. The van der Waals surface area contributed by atoms with Crippen LogP contribution in [0.1, 0.15) is 38.2 Å². The summed E-state index contributed by atoms with van der Waals surface area (Å²) >= 11 is 0. The van der Waals surface area contributed by atoms with E-state index in [0.717, 1.165) is 5.39 Å². The van der Waals surface area contributed by atoms with E-state index in [1.807, 2.05) is 32.9 Å². The number of fused-ring (bicyclic) bond motifs is 2. The number of tetrazole rings is 1. The van der Waals surface area contributed by atoms with E-state index in [4.69, 9.17) is 14.2 Å². The van der Waals surface area contributed by atoms with Crippen molar-refractivity contribution >= 4 is 10.9 Å². The summed E-state index contributed by atoms with van der Waals surface area (Å²) in [7, 11) is 0. The molecule has 1 atom stereocenters. The second kappa shape index (κ2) is 7.06. The van der Waals surface area contributed by atoms with Gasteiger partial charge in [0.2, 0.25) is 6.79 Å². The Bertz CT molecular complexity index is 1140. The van der Waals surface area contributed by atoms with Gasteiger partial charge in [-0.3, -0.25) is 9.69 Å². The molecule has 1 saturated heterocycles. The van der Waals surface area contributed by atoms with E-state index in [9.17, 15) is 4.79 Å². The summed E-state index contributed by atoms with van der Waals surface area (Å²) in [5.74, 6) is 1.94. The number of hydrogen-bond acceptors (Lipinski definition) is 8. The van der Waals surface area contributed by atoms with Gasteiger partial charge in [-0.05, 0) is 43.3 Å². The smallest absolute Gasteiger partial charge is 0.253 e. The second-order valence-corrected chi connectivity index (χ2v) is 8.52. The minimum absolute atomic E-state index is 0.179. The van der Waals surface area contributed by atoms with E-state index >= 15 is 0 Å². The van der Waals surface area contributed by atoms with Gasteiger partial charge < -0.3 is 19.2 Å². The number of nitrogens with zero attached hydrogens (tertiary/aromatic N) is 5. The molecule has 1 N–H and O–H groups in total. The molecule has 10 heteroatoms. The number of morpholine rings is 1. The first kappa shape index (κ1) is 19.0. The third kappa shape index (κ3) is 3.21. The summed E-state index contributed by atoms with van der Waals surface area (Å²) in [5, 5.41) is 13.3. The number of aromatic amines is 1. The van der Waals surface area contributed by atoms with Crippen molar-refractivity contribution in [3.63, 3.8) is 0 Å². The molecule has 2 aliphatic rings. The van der Waals surface area contributed by atoms with Gasteiger partial charge in [0.15, 0.2) is 17.3 Å². The number of benzene rings is 1. The molecule has 0 saturated carbocycles. The van der Waals surface area contributed by atoms with Crippen molar-refractivity contribution in [3.05, 3.63) is 39.9 Å². The van der Waals surface area contributed by atoms with Crippen LogP contribution in [0.25, 0.3) is 10.9 Å². The summed E-state index contributed by atoms with van der Waals surface area (Å²) in [6.45, 7) is 8.84. The highest BCUT2D eigenvalue weighted by atomic mass is 16.7. The molecule has 10 nitrogen and oxygen atoms in total. The van der Waals surface area contributed by atoms with Gasteiger partial charge in [0.05, 0.1) is 24.3 Å². The number of ether oxygens (including phenoxy) is 3. The van der Waals surface area contributed by atoms with E-state index in [0.29, 0.717) is 54.7 Å². The molecule has 0 aliphatic carbocycles. The lowest BCUT2D eigenvalue weighted by atomic mass is 10.0. The van der Waals surface area contributed by atoms with E-state index in [2.05, 4.69) is 25.4 Å². The Morgan fingerprint density at radius 3 is 2.57 bits per heavy atom. The number of H-pyrrole nitrogens is 1. The lowest BCUT2D eigenvalue weighted by Gasteiger charge is -2.34. The number of pyridine rings is 1. The Morgan fingerprint density at radius 1 is 1.10 bits per heavy atom. The van der Waals surface area contributed by atoms with Gasteiger partial charge in [-0.15, -0.1) is 5.10 Å². The lowest BCUT2D eigenvalue weighted by molar-refractivity contribution is 0.0206. The highest BCUT2D eigenvalue weighted by molar-refractivity contribution is 5.83. The monoisotopic (exact) mass is 412 g/mol. The highest BCUT2D eigenvalue weighted by Crippen LogP contribution is 2.36. The SMILES string of the molecule is CC(C)(C)n1nnnc1[C@H](c1cc2cc3c(cc2[nH]c1=O)OCO3)N1CCOCC1. The summed E-state index contributed by atoms with van der Waals surface area (Å²) in [6.07, 6.45) is 0. The molecule has 2 aliphatic heterocycles. The molecular weight excluding hydrogens is 388 g/mol. The Hall–Kier alpha value is -2.98. The first-order valence-corrected chi connectivity index (χ1v) is 9.99. The van der Waals surface area contributed by atoms with Crippen LogP contribution in [0.2, 0.25) is 0 Å². The summed E-state index contributed by atoms with van der Waals surface area (Å²) in [6, 6.07) is 5.19. The minimum atomic E-state index is -0.401. The first-order valence-electron chi connectivity index (χ1n) is 9.99. The zero-order chi connectivity index (χ0) is 20.9. The number of hydrogen-bond donors (Lipinski definition) is 1. The van der Waals surface area contributed by atoms with E-state index in [-0.39, 0.29) is 17.9 Å². The van der Waals surface area contributed by atoms with Crippen LogP contribution in [0, 0.1) is 0 Å². The third-order valence-corrected chi connectivity index (χ3v) is 5.45. The van der Waals surface area contributed by atoms with Gasteiger partial charge in [-0.2, -0.15) is 0 Å². The van der Waals surface area contributed by atoms with Crippen LogP contribution in [0.3, 0.4) is 0 Å². The zero-order valence-electron chi connectivity index (χ0n) is 17.2. The number of aromatic nitrogens is 5. The largest absolute Gasteiger partial charge is 0.454 e. The predicted molar refractivity (Wildman–Crippen MR) is 108 cm³/mol. The molecule has 1 fully saturated rings. The molecule has 3 aromatic rings. The number of nitrogens with one attached hydrogen (secondary N) is 1. The Kier molecular flexibility index (Phi) is 4.48. The van der Waals surface area contributed by atoms with Crippen LogP contribution >= 0.6 is 0 Å².